The molecule has 17 heavy (non-hydrogen) atoms. The normalized spacial score (nSPS) is 21.4. The van der Waals surface area contributed by atoms with Crippen LogP contribution >= 0.6 is 0 Å². The smallest absolute Gasteiger partial charge is 0.116 e. The summed E-state index contributed by atoms with van der Waals surface area (Å²) in [7, 11) is 2.18. The number of hydrogen-bond acceptors (Lipinski definition) is 2. The zero-order valence-corrected chi connectivity index (χ0v) is 10.1. The van der Waals surface area contributed by atoms with Gasteiger partial charge in [0.05, 0.1) is 0 Å². The second kappa shape index (κ2) is 4.08. The molecular weight excluding hydrogens is 212 g/mol. The molecule has 2 heterocycles. The van der Waals surface area contributed by atoms with Gasteiger partial charge < -0.3 is 15.0 Å². The maximum atomic E-state index is 9.55. The van der Waals surface area contributed by atoms with E-state index in [2.05, 4.69) is 23.1 Å². The van der Waals surface area contributed by atoms with Crippen LogP contribution in [0.25, 0.3) is 10.9 Å². The van der Waals surface area contributed by atoms with E-state index in [-0.39, 0.29) is 0 Å². The predicted octanol–water partition coefficient (Wildman–Crippen LogP) is 2.37. The number of aromatic nitrogens is 1. The first kappa shape index (κ1) is 10.7. The highest BCUT2D eigenvalue weighted by Gasteiger charge is 2.20. The Morgan fingerprint density at radius 2 is 2.35 bits per heavy atom. The van der Waals surface area contributed by atoms with E-state index >= 15 is 0 Å². The van der Waals surface area contributed by atoms with Gasteiger partial charge in [0.15, 0.2) is 0 Å². The number of rotatable bonds is 2. The Balaban J connectivity index is 1.87. The molecule has 1 unspecified atom stereocenters. The Morgan fingerprint density at radius 3 is 3.12 bits per heavy atom. The minimum atomic E-state index is 0.349. The highest BCUT2D eigenvalue weighted by Crippen LogP contribution is 2.27. The number of benzene rings is 1. The Hall–Kier alpha value is -1.48. The van der Waals surface area contributed by atoms with E-state index < -0.39 is 0 Å². The SMILES string of the molecule is CN1CCC(Cc2c[nH]c3ccc(O)cc23)C1. The van der Waals surface area contributed by atoms with Crippen LogP contribution in [-0.4, -0.2) is 35.1 Å². The van der Waals surface area contributed by atoms with Crippen LogP contribution in [0.5, 0.6) is 5.75 Å². The molecule has 0 bridgehead atoms. The second-order valence-corrected chi connectivity index (χ2v) is 5.16. The molecule has 1 aliphatic heterocycles. The lowest BCUT2D eigenvalue weighted by molar-refractivity contribution is 0.394. The molecule has 1 atom stereocenters. The van der Waals surface area contributed by atoms with Gasteiger partial charge in [0.2, 0.25) is 0 Å². The largest absolute Gasteiger partial charge is 0.508 e. The zero-order chi connectivity index (χ0) is 11.8. The Bertz CT molecular complexity index is 532. The number of aromatic amines is 1. The third-order valence-electron chi connectivity index (χ3n) is 3.75. The van der Waals surface area contributed by atoms with Crippen molar-refractivity contribution in [3.63, 3.8) is 0 Å². The fraction of sp³-hybridized carbons (Fsp3) is 0.429. The molecule has 1 saturated heterocycles. The summed E-state index contributed by atoms with van der Waals surface area (Å²) in [5, 5.41) is 10.7. The topological polar surface area (TPSA) is 39.3 Å². The summed E-state index contributed by atoms with van der Waals surface area (Å²) in [6.07, 6.45) is 4.47. The zero-order valence-electron chi connectivity index (χ0n) is 10.1. The number of nitrogens with one attached hydrogen (secondary N) is 1. The van der Waals surface area contributed by atoms with Gasteiger partial charge in [-0.05, 0) is 56.1 Å². The maximum Gasteiger partial charge on any atom is 0.116 e. The lowest BCUT2D eigenvalue weighted by atomic mass is 9.98. The first-order valence-corrected chi connectivity index (χ1v) is 6.20. The van der Waals surface area contributed by atoms with Crippen LogP contribution < -0.4 is 0 Å². The molecule has 90 valence electrons. The fourth-order valence-electron chi connectivity index (χ4n) is 2.84. The van der Waals surface area contributed by atoms with Gasteiger partial charge in [0.25, 0.3) is 0 Å². The molecular formula is C14H18N2O. The van der Waals surface area contributed by atoms with Crippen LogP contribution in [-0.2, 0) is 6.42 Å². The van der Waals surface area contributed by atoms with Gasteiger partial charge in [-0.3, -0.25) is 0 Å². The molecule has 3 heteroatoms. The Morgan fingerprint density at radius 1 is 1.47 bits per heavy atom. The molecule has 3 rings (SSSR count). The van der Waals surface area contributed by atoms with Gasteiger partial charge in [-0.25, -0.2) is 0 Å². The predicted molar refractivity (Wildman–Crippen MR) is 69.3 cm³/mol. The first-order valence-electron chi connectivity index (χ1n) is 6.20. The molecule has 1 aromatic heterocycles. The third-order valence-corrected chi connectivity index (χ3v) is 3.75. The summed E-state index contributed by atoms with van der Waals surface area (Å²) in [6, 6.07) is 5.53. The number of aromatic hydroxyl groups is 1. The van der Waals surface area contributed by atoms with Crippen molar-refractivity contribution in [2.24, 2.45) is 5.92 Å². The van der Waals surface area contributed by atoms with Crippen molar-refractivity contribution < 1.29 is 5.11 Å². The van der Waals surface area contributed by atoms with Gasteiger partial charge in [-0.2, -0.15) is 0 Å². The molecule has 3 nitrogen and oxygen atoms in total. The van der Waals surface area contributed by atoms with Gasteiger partial charge in [0.1, 0.15) is 5.75 Å². The number of likely N-dealkylation sites (tertiary alicyclic amines) is 1. The van der Waals surface area contributed by atoms with Crippen molar-refractivity contribution in [1.29, 1.82) is 0 Å². The van der Waals surface area contributed by atoms with Crippen molar-refractivity contribution in [2.45, 2.75) is 12.8 Å². The van der Waals surface area contributed by atoms with Gasteiger partial charge in [-0.15, -0.1) is 0 Å². The molecule has 0 aliphatic carbocycles. The minimum Gasteiger partial charge on any atom is -0.508 e. The van der Waals surface area contributed by atoms with Crippen LogP contribution in [0.3, 0.4) is 0 Å². The standard InChI is InChI=1S/C14H18N2O/c1-16-5-4-10(9-16)6-11-8-15-14-3-2-12(17)7-13(11)14/h2-3,7-8,10,15,17H,4-6,9H2,1H3. The molecule has 1 aromatic carbocycles. The Kier molecular flexibility index (Phi) is 2.56. The lowest BCUT2D eigenvalue weighted by Crippen LogP contribution is -2.14. The van der Waals surface area contributed by atoms with Crippen molar-refractivity contribution >= 4 is 10.9 Å². The summed E-state index contributed by atoms with van der Waals surface area (Å²) in [5.41, 5.74) is 2.44. The average molecular weight is 230 g/mol. The van der Waals surface area contributed by atoms with Crippen LogP contribution in [0.1, 0.15) is 12.0 Å². The number of phenols is 1. The molecule has 0 saturated carbocycles. The highest BCUT2D eigenvalue weighted by atomic mass is 16.3. The molecule has 0 radical (unpaired) electrons. The second-order valence-electron chi connectivity index (χ2n) is 5.16. The number of H-pyrrole nitrogens is 1. The first-order chi connectivity index (χ1) is 8.22. The summed E-state index contributed by atoms with van der Waals surface area (Å²) in [5.74, 6) is 1.10. The van der Waals surface area contributed by atoms with Gasteiger partial charge in [0, 0.05) is 23.6 Å². The monoisotopic (exact) mass is 230 g/mol. The van der Waals surface area contributed by atoms with Gasteiger partial charge >= 0.3 is 0 Å². The minimum absolute atomic E-state index is 0.349. The average Bonchev–Trinajstić information content (AvgIpc) is 2.87. The van der Waals surface area contributed by atoms with Crippen LogP contribution in [0, 0.1) is 5.92 Å². The molecule has 2 aromatic rings. The molecule has 0 amide bonds. The number of fused-ring (bicyclic) bond motifs is 1. The van der Waals surface area contributed by atoms with E-state index in [9.17, 15) is 5.11 Å². The van der Waals surface area contributed by atoms with Crippen LogP contribution in [0.2, 0.25) is 0 Å². The van der Waals surface area contributed by atoms with Crippen molar-refractivity contribution in [3.8, 4) is 5.75 Å². The van der Waals surface area contributed by atoms with E-state index in [1.54, 1.807) is 6.07 Å². The van der Waals surface area contributed by atoms with Crippen LogP contribution in [0.15, 0.2) is 24.4 Å². The lowest BCUT2D eigenvalue weighted by Gasteiger charge is -2.09. The van der Waals surface area contributed by atoms with Crippen molar-refractivity contribution in [1.82, 2.24) is 9.88 Å². The van der Waals surface area contributed by atoms with E-state index in [1.165, 1.54) is 30.5 Å². The van der Waals surface area contributed by atoms with E-state index in [0.717, 1.165) is 17.9 Å². The molecule has 1 aliphatic rings. The molecule has 2 N–H and O–H groups in total. The van der Waals surface area contributed by atoms with Gasteiger partial charge in [-0.1, -0.05) is 0 Å². The Labute approximate surface area is 101 Å². The van der Waals surface area contributed by atoms with Crippen LogP contribution in [0.4, 0.5) is 0 Å². The van der Waals surface area contributed by atoms with E-state index in [0.29, 0.717) is 5.75 Å². The summed E-state index contributed by atoms with van der Waals surface area (Å²) < 4.78 is 0. The summed E-state index contributed by atoms with van der Waals surface area (Å²) in [4.78, 5) is 5.66. The van der Waals surface area contributed by atoms with E-state index in [4.69, 9.17) is 0 Å². The fourth-order valence-corrected chi connectivity index (χ4v) is 2.84. The van der Waals surface area contributed by atoms with Crippen molar-refractivity contribution in [2.75, 3.05) is 20.1 Å². The molecule has 0 spiro atoms. The maximum absolute atomic E-state index is 9.55. The third kappa shape index (κ3) is 2.03. The quantitative estimate of drug-likeness (QED) is 0.831. The number of nitrogens with zero attached hydrogens (tertiary/aromatic N) is 1. The van der Waals surface area contributed by atoms with Crippen molar-refractivity contribution in [3.05, 3.63) is 30.0 Å². The molecule has 1 fully saturated rings. The summed E-state index contributed by atoms with van der Waals surface area (Å²) in [6.45, 7) is 2.39. The number of phenolic OH excluding ortho intramolecular Hbond substituents is 1. The highest BCUT2D eigenvalue weighted by molar-refractivity contribution is 5.84. The summed E-state index contributed by atoms with van der Waals surface area (Å²) >= 11 is 0. The number of hydrogen-bond donors (Lipinski definition) is 2. The van der Waals surface area contributed by atoms with E-state index in [1.807, 2.05) is 12.1 Å².